The van der Waals surface area contributed by atoms with E-state index in [1.54, 1.807) is 12.1 Å². The Balaban J connectivity index is 1.68. The summed E-state index contributed by atoms with van der Waals surface area (Å²) in [6.45, 7) is 0.518. The summed E-state index contributed by atoms with van der Waals surface area (Å²) in [4.78, 5) is 24.3. The van der Waals surface area contributed by atoms with Crippen molar-refractivity contribution in [2.75, 3.05) is 26.0 Å². The molecule has 0 unspecified atom stereocenters. The molecule has 0 radical (unpaired) electrons. The molecule has 2 aliphatic heterocycles. The summed E-state index contributed by atoms with van der Waals surface area (Å²) in [5, 5.41) is 2.76. The molecule has 0 bridgehead atoms. The van der Waals surface area contributed by atoms with E-state index in [2.05, 4.69) is 5.32 Å². The van der Waals surface area contributed by atoms with E-state index in [-0.39, 0.29) is 22.5 Å². The lowest BCUT2D eigenvalue weighted by molar-refractivity contribution is -0.128. The Morgan fingerprint density at radius 1 is 1.27 bits per heavy atom. The molecule has 3 rings (SSSR count). The highest BCUT2D eigenvalue weighted by Crippen LogP contribution is 2.26. The summed E-state index contributed by atoms with van der Waals surface area (Å²) in [6, 6.07) is 5.77. The zero-order valence-corrected chi connectivity index (χ0v) is 16.1. The summed E-state index contributed by atoms with van der Waals surface area (Å²) < 4.78 is 32.1. The minimum atomic E-state index is -3.66. The van der Waals surface area contributed by atoms with Gasteiger partial charge in [-0.25, -0.2) is 8.42 Å². The van der Waals surface area contributed by atoms with Crippen LogP contribution in [0.3, 0.4) is 0 Å². The maximum absolute atomic E-state index is 12.8. The van der Waals surface area contributed by atoms with Gasteiger partial charge in [-0.15, -0.1) is 0 Å². The summed E-state index contributed by atoms with van der Waals surface area (Å²) in [5.74, 6) is 0.626. The highest BCUT2D eigenvalue weighted by atomic mass is 32.2. The number of sulfonamides is 1. The second-order valence-corrected chi connectivity index (χ2v) is 9.43. The van der Waals surface area contributed by atoms with E-state index in [4.69, 9.17) is 4.74 Å². The molecule has 2 atom stereocenters. The number of carbonyl (C=O) groups is 2. The average Bonchev–Trinajstić information content (AvgIpc) is 3.06. The summed E-state index contributed by atoms with van der Waals surface area (Å²) in [7, 11) is -2.15. The van der Waals surface area contributed by atoms with Crippen LogP contribution in [0.25, 0.3) is 0 Å². The number of hydrogen-bond donors (Lipinski definition) is 1. The zero-order chi connectivity index (χ0) is 18.7. The molecule has 0 aromatic heterocycles. The van der Waals surface area contributed by atoms with Gasteiger partial charge in [0.15, 0.2) is 0 Å². The largest absolute Gasteiger partial charge is 0.497 e. The van der Waals surface area contributed by atoms with Gasteiger partial charge in [-0.1, -0.05) is 11.8 Å². The standard InChI is InChI=1S/C17H22N2O5S2/c1-24-13-4-6-14(7-5-13)26(22,23)19-9-2-3-12(11-19)16(20)18-15-8-10-25-17(15)21/h4-7,12,15H,2-3,8-11H2,1H3,(H,18,20)/t12-,15-/m0/s1. The highest BCUT2D eigenvalue weighted by molar-refractivity contribution is 8.14. The fraction of sp³-hybridized carbons (Fsp3) is 0.529. The van der Waals surface area contributed by atoms with Crippen LogP contribution in [-0.4, -0.2) is 55.7 Å². The van der Waals surface area contributed by atoms with Crippen LogP contribution >= 0.6 is 11.8 Å². The van der Waals surface area contributed by atoms with Gasteiger partial charge in [0.25, 0.3) is 0 Å². The Hall–Kier alpha value is -1.58. The predicted molar refractivity (Wildman–Crippen MR) is 98.5 cm³/mol. The second-order valence-electron chi connectivity index (χ2n) is 6.40. The van der Waals surface area contributed by atoms with Crippen LogP contribution in [0.15, 0.2) is 29.2 Å². The lowest BCUT2D eigenvalue weighted by atomic mass is 9.98. The van der Waals surface area contributed by atoms with Crippen molar-refractivity contribution in [1.82, 2.24) is 9.62 Å². The van der Waals surface area contributed by atoms with Crippen LogP contribution in [0.5, 0.6) is 5.75 Å². The Kier molecular flexibility index (Phi) is 5.89. The number of rotatable bonds is 5. The van der Waals surface area contributed by atoms with Gasteiger partial charge in [0.1, 0.15) is 5.75 Å². The zero-order valence-electron chi connectivity index (χ0n) is 14.5. The molecule has 26 heavy (non-hydrogen) atoms. The first-order valence-electron chi connectivity index (χ1n) is 8.53. The molecule has 142 valence electrons. The molecule has 2 fully saturated rings. The van der Waals surface area contributed by atoms with Gasteiger partial charge in [-0.2, -0.15) is 4.31 Å². The fourth-order valence-electron chi connectivity index (χ4n) is 3.19. The van der Waals surface area contributed by atoms with Gasteiger partial charge in [0.2, 0.25) is 21.0 Å². The molecular formula is C17H22N2O5S2. The SMILES string of the molecule is COc1ccc(S(=O)(=O)N2CCC[C@H](C(=O)N[C@H]3CCSC3=O)C2)cc1. The number of nitrogens with one attached hydrogen (secondary N) is 1. The number of ether oxygens (including phenoxy) is 1. The van der Waals surface area contributed by atoms with E-state index in [0.717, 1.165) is 0 Å². The topological polar surface area (TPSA) is 92.8 Å². The number of carbonyl (C=O) groups excluding carboxylic acids is 2. The molecule has 0 saturated carbocycles. The van der Waals surface area contributed by atoms with E-state index in [1.165, 1.54) is 35.3 Å². The molecule has 1 aromatic carbocycles. The number of thioether (sulfide) groups is 1. The minimum absolute atomic E-state index is 0.0168. The first kappa shape index (κ1) is 19.2. The summed E-state index contributed by atoms with van der Waals surface area (Å²) >= 11 is 1.23. The lowest BCUT2D eigenvalue weighted by Gasteiger charge is -2.31. The van der Waals surface area contributed by atoms with Crippen LogP contribution in [0.2, 0.25) is 0 Å². The first-order valence-corrected chi connectivity index (χ1v) is 11.0. The minimum Gasteiger partial charge on any atom is -0.497 e. The van der Waals surface area contributed by atoms with Crippen LogP contribution < -0.4 is 10.1 Å². The monoisotopic (exact) mass is 398 g/mol. The van der Waals surface area contributed by atoms with E-state index < -0.39 is 22.0 Å². The Morgan fingerprint density at radius 2 is 2.00 bits per heavy atom. The van der Waals surface area contributed by atoms with Crippen molar-refractivity contribution in [3.05, 3.63) is 24.3 Å². The molecule has 2 aliphatic rings. The van der Waals surface area contributed by atoms with Gasteiger partial charge in [-0.05, 0) is 43.5 Å². The molecule has 9 heteroatoms. The Morgan fingerprint density at radius 3 is 2.62 bits per heavy atom. The van der Waals surface area contributed by atoms with Gasteiger partial charge in [0, 0.05) is 18.8 Å². The van der Waals surface area contributed by atoms with Crippen molar-refractivity contribution in [3.8, 4) is 5.75 Å². The van der Waals surface area contributed by atoms with Crippen LogP contribution in [0.1, 0.15) is 19.3 Å². The molecule has 1 amide bonds. The smallest absolute Gasteiger partial charge is 0.243 e. The third-order valence-electron chi connectivity index (χ3n) is 4.70. The Bertz CT molecular complexity index is 779. The number of benzene rings is 1. The number of nitrogens with zero attached hydrogens (tertiary/aromatic N) is 1. The third kappa shape index (κ3) is 4.05. The highest BCUT2D eigenvalue weighted by Gasteiger charge is 2.35. The molecule has 2 saturated heterocycles. The molecule has 1 N–H and O–H groups in total. The van der Waals surface area contributed by atoms with Gasteiger partial charge < -0.3 is 10.1 Å². The second kappa shape index (κ2) is 7.98. The van der Waals surface area contributed by atoms with Gasteiger partial charge in [-0.3, -0.25) is 9.59 Å². The van der Waals surface area contributed by atoms with Crippen LogP contribution in [0.4, 0.5) is 0 Å². The van der Waals surface area contributed by atoms with E-state index >= 15 is 0 Å². The molecule has 0 aliphatic carbocycles. The molecule has 7 nitrogen and oxygen atoms in total. The lowest BCUT2D eigenvalue weighted by Crippen LogP contribution is -2.48. The number of methoxy groups -OCH3 is 1. The van der Waals surface area contributed by atoms with Crippen molar-refractivity contribution in [2.24, 2.45) is 5.92 Å². The normalized spacial score (nSPS) is 24.4. The van der Waals surface area contributed by atoms with Gasteiger partial charge in [0.05, 0.1) is 24.0 Å². The Labute approximate surface area is 157 Å². The number of hydrogen-bond acceptors (Lipinski definition) is 6. The van der Waals surface area contributed by atoms with E-state index in [9.17, 15) is 18.0 Å². The maximum atomic E-state index is 12.8. The maximum Gasteiger partial charge on any atom is 0.243 e. The molecule has 0 spiro atoms. The predicted octanol–water partition coefficient (Wildman–Crippen LogP) is 1.24. The first-order chi connectivity index (χ1) is 12.4. The van der Waals surface area contributed by atoms with E-state index in [1.807, 2.05) is 0 Å². The van der Waals surface area contributed by atoms with Crippen molar-refractivity contribution >= 4 is 32.8 Å². The van der Waals surface area contributed by atoms with Crippen LogP contribution in [0, 0.1) is 5.92 Å². The van der Waals surface area contributed by atoms with E-state index in [0.29, 0.717) is 37.3 Å². The van der Waals surface area contributed by atoms with Crippen LogP contribution in [-0.2, 0) is 19.6 Å². The summed E-state index contributed by atoms with van der Waals surface area (Å²) in [5.41, 5.74) is 0. The number of piperidine rings is 1. The quantitative estimate of drug-likeness (QED) is 0.802. The number of amides is 1. The average molecular weight is 399 g/mol. The van der Waals surface area contributed by atoms with Crippen molar-refractivity contribution in [2.45, 2.75) is 30.2 Å². The van der Waals surface area contributed by atoms with Crippen molar-refractivity contribution in [3.63, 3.8) is 0 Å². The van der Waals surface area contributed by atoms with Gasteiger partial charge >= 0.3 is 0 Å². The van der Waals surface area contributed by atoms with Crippen molar-refractivity contribution in [1.29, 1.82) is 0 Å². The summed E-state index contributed by atoms with van der Waals surface area (Å²) in [6.07, 6.45) is 1.87. The molecule has 1 aromatic rings. The van der Waals surface area contributed by atoms with Crippen molar-refractivity contribution < 1.29 is 22.7 Å². The molecule has 2 heterocycles. The third-order valence-corrected chi connectivity index (χ3v) is 7.59. The fourth-order valence-corrected chi connectivity index (χ4v) is 5.64. The molecular weight excluding hydrogens is 376 g/mol.